The highest BCUT2D eigenvalue weighted by molar-refractivity contribution is 6.53. The highest BCUT2D eigenvalue weighted by atomic mass is 19.4. The molecule has 1 aliphatic rings. The van der Waals surface area contributed by atoms with Crippen LogP contribution in [-0.2, 0) is 18.0 Å². The van der Waals surface area contributed by atoms with Gasteiger partial charge in [-0.15, -0.1) is 0 Å². The van der Waals surface area contributed by atoms with Crippen LogP contribution in [0.25, 0.3) is 11.1 Å². The van der Waals surface area contributed by atoms with Gasteiger partial charge in [-0.05, 0) is 60.5 Å². The molecule has 2 amide bonds. The number of benzene rings is 3. The molecule has 11 heteroatoms. The monoisotopic (exact) mass is 533 g/mol. The minimum absolute atomic E-state index is 0.0308. The van der Waals surface area contributed by atoms with E-state index in [1.807, 2.05) is 0 Å². The Labute approximate surface area is 221 Å². The van der Waals surface area contributed by atoms with Gasteiger partial charge in [0.25, 0.3) is 17.6 Å². The fourth-order valence-corrected chi connectivity index (χ4v) is 4.38. The van der Waals surface area contributed by atoms with Crippen molar-refractivity contribution in [2.24, 2.45) is 7.05 Å². The number of likely N-dealkylation sites (N-methyl/N-ethyl adjacent to an activating group) is 1. The first-order chi connectivity index (χ1) is 18.4. The SMILES string of the molecule is Cc1ccc(C(=O)Nc2cc(-c3cnn(C)c3)cc(C(F)(F)F)c2)cc1Nc1cccc2c1C(=O)C(=O)N2C. The number of carbonyl (C=O) groups excluding carboxylic acids is 3. The number of ketones is 1. The lowest BCUT2D eigenvalue weighted by molar-refractivity contribution is -0.137. The highest BCUT2D eigenvalue weighted by Gasteiger charge is 2.35. The maximum absolute atomic E-state index is 13.6. The summed E-state index contributed by atoms with van der Waals surface area (Å²) >= 11 is 0. The number of rotatable bonds is 5. The second-order valence-electron chi connectivity index (χ2n) is 9.20. The molecule has 0 bridgehead atoms. The van der Waals surface area contributed by atoms with E-state index in [2.05, 4.69) is 15.7 Å². The van der Waals surface area contributed by atoms with Crippen molar-refractivity contribution in [3.63, 3.8) is 0 Å². The summed E-state index contributed by atoms with van der Waals surface area (Å²) in [4.78, 5) is 39.1. The van der Waals surface area contributed by atoms with Crippen LogP contribution in [0.3, 0.4) is 0 Å². The van der Waals surface area contributed by atoms with Gasteiger partial charge >= 0.3 is 6.18 Å². The molecule has 5 rings (SSSR count). The lowest BCUT2D eigenvalue weighted by Gasteiger charge is -2.15. The van der Waals surface area contributed by atoms with Gasteiger partial charge in [-0.2, -0.15) is 18.3 Å². The lowest BCUT2D eigenvalue weighted by Crippen LogP contribution is -2.24. The number of hydrogen-bond donors (Lipinski definition) is 2. The molecular weight excluding hydrogens is 511 g/mol. The number of anilines is 4. The summed E-state index contributed by atoms with van der Waals surface area (Å²) in [6, 6.07) is 13.1. The van der Waals surface area contributed by atoms with E-state index >= 15 is 0 Å². The van der Waals surface area contributed by atoms with E-state index in [1.54, 1.807) is 50.5 Å². The van der Waals surface area contributed by atoms with Gasteiger partial charge in [0.1, 0.15) is 0 Å². The first-order valence-corrected chi connectivity index (χ1v) is 11.8. The Morgan fingerprint density at radius 3 is 2.41 bits per heavy atom. The van der Waals surface area contributed by atoms with Gasteiger partial charge in [0, 0.05) is 42.8 Å². The van der Waals surface area contributed by atoms with E-state index in [4.69, 9.17) is 0 Å². The molecule has 3 aromatic carbocycles. The minimum atomic E-state index is -4.62. The van der Waals surface area contributed by atoms with E-state index < -0.39 is 29.3 Å². The van der Waals surface area contributed by atoms with Crippen LogP contribution in [0.5, 0.6) is 0 Å². The number of halogens is 3. The molecule has 1 aromatic heterocycles. The number of fused-ring (bicyclic) bond motifs is 1. The van der Waals surface area contributed by atoms with Crippen molar-refractivity contribution >= 4 is 40.3 Å². The maximum Gasteiger partial charge on any atom is 0.416 e. The van der Waals surface area contributed by atoms with Gasteiger partial charge in [-0.25, -0.2) is 0 Å². The molecule has 0 atom stereocenters. The van der Waals surface area contributed by atoms with E-state index in [0.717, 1.165) is 17.7 Å². The van der Waals surface area contributed by atoms with Gasteiger partial charge in [0.15, 0.2) is 0 Å². The zero-order chi connectivity index (χ0) is 28.1. The fraction of sp³-hybridized carbons (Fsp3) is 0.143. The minimum Gasteiger partial charge on any atom is -0.355 e. The highest BCUT2D eigenvalue weighted by Crippen LogP contribution is 2.37. The summed E-state index contributed by atoms with van der Waals surface area (Å²) in [7, 11) is 3.16. The largest absolute Gasteiger partial charge is 0.416 e. The van der Waals surface area contributed by atoms with Crippen LogP contribution in [-0.4, -0.2) is 34.4 Å². The van der Waals surface area contributed by atoms with E-state index in [0.29, 0.717) is 22.6 Å². The third kappa shape index (κ3) is 4.86. The predicted octanol–water partition coefficient (Wildman–Crippen LogP) is 5.57. The summed E-state index contributed by atoms with van der Waals surface area (Å²) < 4.78 is 42.3. The molecule has 8 nitrogen and oxygen atoms in total. The van der Waals surface area contributed by atoms with Gasteiger partial charge in [0.05, 0.1) is 28.7 Å². The number of nitrogens with one attached hydrogen (secondary N) is 2. The Morgan fingerprint density at radius 2 is 1.72 bits per heavy atom. The molecule has 198 valence electrons. The standard InChI is InChI=1S/C28H22F3N5O3/c1-15-7-8-16(11-22(15)34-21-5-4-6-23-24(21)25(37)27(39)36(23)3)26(38)33-20-10-17(18-13-32-35(2)14-18)9-19(12-20)28(29,30)31/h4-14,34H,1-3H3,(H,33,38). The third-order valence-corrected chi connectivity index (χ3v) is 6.46. The van der Waals surface area contributed by atoms with Crippen LogP contribution in [0.2, 0.25) is 0 Å². The number of aromatic nitrogens is 2. The molecule has 0 radical (unpaired) electrons. The quantitative estimate of drug-likeness (QED) is 0.327. The Hall–Kier alpha value is -4.93. The van der Waals surface area contributed by atoms with Crippen molar-refractivity contribution in [1.82, 2.24) is 9.78 Å². The number of aryl methyl sites for hydroxylation is 2. The summed E-state index contributed by atoms with van der Waals surface area (Å²) in [5, 5.41) is 9.70. The summed E-state index contributed by atoms with van der Waals surface area (Å²) in [6.45, 7) is 1.79. The van der Waals surface area contributed by atoms with Crippen LogP contribution < -0.4 is 15.5 Å². The molecular formula is C28H22F3N5O3. The summed E-state index contributed by atoms with van der Waals surface area (Å²) in [5.41, 5.74) is 2.28. The molecule has 2 N–H and O–H groups in total. The first-order valence-electron chi connectivity index (χ1n) is 11.8. The van der Waals surface area contributed by atoms with Crippen molar-refractivity contribution in [2.45, 2.75) is 13.1 Å². The smallest absolute Gasteiger partial charge is 0.355 e. The molecule has 0 spiro atoms. The van der Waals surface area contributed by atoms with Crippen molar-refractivity contribution in [3.05, 3.63) is 89.2 Å². The molecule has 0 aliphatic carbocycles. The second kappa shape index (κ2) is 9.43. The van der Waals surface area contributed by atoms with Crippen LogP contribution in [0.4, 0.5) is 35.9 Å². The second-order valence-corrected chi connectivity index (χ2v) is 9.20. The van der Waals surface area contributed by atoms with Crippen molar-refractivity contribution in [1.29, 1.82) is 0 Å². The van der Waals surface area contributed by atoms with E-state index in [-0.39, 0.29) is 22.4 Å². The summed E-state index contributed by atoms with van der Waals surface area (Å²) in [6.07, 6.45) is -1.60. The van der Waals surface area contributed by atoms with Crippen molar-refractivity contribution < 1.29 is 27.6 Å². The number of Topliss-reactive ketones (excluding diaryl/α,β-unsaturated/α-hetero) is 1. The molecule has 0 fully saturated rings. The average Bonchev–Trinajstić information content (AvgIpc) is 3.42. The average molecular weight is 534 g/mol. The van der Waals surface area contributed by atoms with Crippen LogP contribution in [0, 0.1) is 6.92 Å². The molecule has 0 saturated heterocycles. The zero-order valence-electron chi connectivity index (χ0n) is 21.1. The number of nitrogens with zero attached hydrogens (tertiary/aromatic N) is 3. The topological polar surface area (TPSA) is 96.3 Å². The Kier molecular flexibility index (Phi) is 6.21. The Morgan fingerprint density at radius 1 is 0.949 bits per heavy atom. The first kappa shape index (κ1) is 25.7. The van der Waals surface area contributed by atoms with E-state index in [9.17, 15) is 27.6 Å². The van der Waals surface area contributed by atoms with Crippen molar-refractivity contribution in [2.75, 3.05) is 22.6 Å². The summed E-state index contributed by atoms with van der Waals surface area (Å²) in [5.74, 6) is -1.91. The molecule has 2 heterocycles. The molecule has 0 unspecified atom stereocenters. The number of alkyl halides is 3. The van der Waals surface area contributed by atoms with Crippen LogP contribution >= 0.6 is 0 Å². The predicted molar refractivity (Wildman–Crippen MR) is 140 cm³/mol. The molecule has 1 aliphatic heterocycles. The third-order valence-electron chi connectivity index (χ3n) is 6.46. The van der Waals surface area contributed by atoms with E-state index in [1.165, 1.54) is 35.0 Å². The van der Waals surface area contributed by atoms with Gasteiger partial charge in [-0.1, -0.05) is 12.1 Å². The lowest BCUT2D eigenvalue weighted by atomic mass is 10.0. The van der Waals surface area contributed by atoms with Gasteiger partial charge in [-0.3, -0.25) is 19.1 Å². The Bertz CT molecular complexity index is 1660. The number of hydrogen-bond acceptors (Lipinski definition) is 5. The Balaban J connectivity index is 1.45. The fourth-order valence-electron chi connectivity index (χ4n) is 4.38. The van der Waals surface area contributed by atoms with Gasteiger partial charge < -0.3 is 15.5 Å². The maximum atomic E-state index is 13.6. The molecule has 39 heavy (non-hydrogen) atoms. The number of carbonyl (C=O) groups is 3. The normalized spacial score (nSPS) is 13.0. The van der Waals surface area contributed by atoms with Crippen molar-refractivity contribution in [3.8, 4) is 11.1 Å². The molecule has 0 saturated carbocycles. The zero-order valence-corrected chi connectivity index (χ0v) is 21.1. The van der Waals surface area contributed by atoms with Gasteiger partial charge in [0.2, 0.25) is 0 Å². The van der Waals surface area contributed by atoms with Crippen LogP contribution in [0.1, 0.15) is 31.8 Å². The number of amides is 2. The molecule has 4 aromatic rings. The van der Waals surface area contributed by atoms with Crippen LogP contribution in [0.15, 0.2) is 67.0 Å².